The van der Waals surface area contributed by atoms with E-state index >= 15 is 0 Å². The zero-order valence-corrected chi connectivity index (χ0v) is 19.8. The molecular formula is C28H29N3O4. The zero-order chi connectivity index (χ0) is 24.3. The molecule has 0 aliphatic carbocycles. The summed E-state index contributed by atoms with van der Waals surface area (Å²) < 4.78 is 16.3. The van der Waals surface area contributed by atoms with Gasteiger partial charge in [0.2, 0.25) is 17.6 Å². The minimum absolute atomic E-state index is 0.0164. The van der Waals surface area contributed by atoms with Crippen LogP contribution >= 0.6 is 0 Å². The first-order chi connectivity index (χ1) is 17.2. The fourth-order valence-corrected chi connectivity index (χ4v) is 3.54. The summed E-state index contributed by atoms with van der Waals surface area (Å²) in [5, 5.41) is 6.99. The first kappa shape index (κ1) is 24.0. The van der Waals surface area contributed by atoms with Crippen molar-refractivity contribution >= 4 is 5.91 Å². The highest BCUT2D eigenvalue weighted by Gasteiger charge is 2.10. The summed E-state index contributed by atoms with van der Waals surface area (Å²) in [5.74, 6) is 2.68. The van der Waals surface area contributed by atoms with E-state index in [1.54, 1.807) is 7.11 Å². The number of amides is 1. The molecule has 7 nitrogen and oxygen atoms in total. The van der Waals surface area contributed by atoms with Gasteiger partial charge in [-0.1, -0.05) is 47.6 Å². The summed E-state index contributed by atoms with van der Waals surface area (Å²) in [6, 6.07) is 25.5. The minimum atomic E-state index is 0.0164. The van der Waals surface area contributed by atoms with Crippen molar-refractivity contribution in [3.8, 4) is 22.9 Å². The largest absolute Gasteiger partial charge is 0.497 e. The number of benzene rings is 3. The predicted molar refractivity (Wildman–Crippen MR) is 133 cm³/mol. The van der Waals surface area contributed by atoms with E-state index in [4.69, 9.17) is 14.0 Å². The molecule has 1 aromatic heterocycles. The molecule has 0 unspecified atom stereocenters. The molecule has 180 valence electrons. The summed E-state index contributed by atoms with van der Waals surface area (Å²) in [6.45, 7) is 1.13. The first-order valence-corrected chi connectivity index (χ1v) is 11.7. The number of nitrogens with zero attached hydrogens (tertiary/aromatic N) is 2. The van der Waals surface area contributed by atoms with E-state index < -0.39 is 0 Å². The first-order valence-electron chi connectivity index (χ1n) is 11.7. The van der Waals surface area contributed by atoms with E-state index in [0.29, 0.717) is 44.1 Å². The van der Waals surface area contributed by atoms with Crippen molar-refractivity contribution in [3.63, 3.8) is 0 Å². The molecule has 1 N–H and O–H groups in total. The number of hydrogen-bond acceptors (Lipinski definition) is 6. The molecule has 1 amide bonds. The van der Waals surface area contributed by atoms with Crippen molar-refractivity contribution in [3.05, 3.63) is 95.9 Å². The van der Waals surface area contributed by atoms with Crippen LogP contribution in [0.4, 0.5) is 0 Å². The normalized spacial score (nSPS) is 10.7. The maximum Gasteiger partial charge on any atom is 0.226 e. The average molecular weight is 472 g/mol. The van der Waals surface area contributed by atoms with Crippen LogP contribution in [0.5, 0.6) is 11.5 Å². The Kier molecular flexibility index (Phi) is 8.48. The summed E-state index contributed by atoms with van der Waals surface area (Å²) in [7, 11) is 1.62. The lowest BCUT2D eigenvalue weighted by Gasteiger charge is -2.08. The Bertz CT molecular complexity index is 1190. The van der Waals surface area contributed by atoms with Gasteiger partial charge in [-0.05, 0) is 60.4 Å². The monoisotopic (exact) mass is 471 g/mol. The Labute approximate surface area is 205 Å². The lowest BCUT2D eigenvalue weighted by Crippen LogP contribution is -2.25. The fraction of sp³-hybridized carbons (Fsp3) is 0.250. The molecular weight excluding hydrogens is 442 g/mol. The number of carbonyl (C=O) groups excluding carboxylic acids is 1. The van der Waals surface area contributed by atoms with Gasteiger partial charge in [-0.2, -0.15) is 4.98 Å². The van der Waals surface area contributed by atoms with E-state index in [1.165, 1.54) is 0 Å². The van der Waals surface area contributed by atoms with Gasteiger partial charge in [0.15, 0.2) is 0 Å². The van der Waals surface area contributed by atoms with Crippen LogP contribution in [0.2, 0.25) is 0 Å². The molecule has 0 fully saturated rings. The molecule has 35 heavy (non-hydrogen) atoms. The molecule has 0 atom stereocenters. The predicted octanol–water partition coefficient (Wildman–Crippen LogP) is 5.01. The molecule has 0 spiro atoms. The smallest absolute Gasteiger partial charge is 0.226 e. The third-order valence-electron chi connectivity index (χ3n) is 5.52. The summed E-state index contributed by atoms with van der Waals surface area (Å²) in [6.07, 6.45) is 2.37. The Morgan fingerprint density at radius 2 is 1.63 bits per heavy atom. The molecule has 0 bridgehead atoms. The van der Waals surface area contributed by atoms with Crippen LogP contribution in [0.1, 0.15) is 29.9 Å². The number of carbonyl (C=O) groups is 1. The fourth-order valence-electron chi connectivity index (χ4n) is 3.54. The van der Waals surface area contributed by atoms with E-state index in [-0.39, 0.29) is 5.91 Å². The van der Waals surface area contributed by atoms with Gasteiger partial charge < -0.3 is 19.3 Å². The van der Waals surface area contributed by atoms with E-state index in [0.717, 1.165) is 34.6 Å². The Morgan fingerprint density at radius 1 is 0.886 bits per heavy atom. The summed E-state index contributed by atoms with van der Waals surface area (Å²) in [5.41, 5.74) is 3.14. The molecule has 0 saturated carbocycles. The molecule has 0 aliphatic rings. The molecule has 4 aromatic rings. The highest BCUT2D eigenvalue weighted by molar-refractivity contribution is 5.75. The molecule has 4 rings (SSSR count). The maximum absolute atomic E-state index is 12.2. The number of nitrogens with one attached hydrogen (secondary N) is 1. The topological polar surface area (TPSA) is 86.5 Å². The Balaban J connectivity index is 1.12. The van der Waals surface area contributed by atoms with Gasteiger partial charge in [-0.25, -0.2) is 0 Å². The molecule has 1 heterocycles. The van der Waals surface area contributed by atoms with Crippen molar-refractivity contribution in [2.45, 2.75) is 32.3 Å². The van der Waals surface area contributed by atoms with Crippen LogP contribution in [0.3, 0.4) is 0 Å². The quantitative estimate of drug-likeness (QED) is 0.313. The SMILES string of the molecule is COc1ccc(-c2noc(CCCC(=O)NCCc3ccc(OCc4ccccc4)cc3)n2)cc1. The van der Waals surface area contributed by atoms with Crippen LogP contribution in [0.15, 0.2) is 83.4 Å². The van der Waals surface area contributed by atoms with E-state index in [1.807, 2.05) is 78.9 Å². The molecule has 7 heteroatoms. The standard InChI is InChI=1S/C28H29N3O4/c1-33-24-16-12-23(13-17-24)28-30-27(35-31-28)9-5-8-26(32)29-19-18-21-10-14-25(15-11-21)34-20-22-6-3-2-4-7-22/h2-4,6-7,10-17H,5,8-9,18-20H2,1H3,(H,29,32). The summed E-state index contributed by atoms with van der Waals surface area (Å²) >= 11 is 0. The maximum atomic E-state index is 12.2. The third-order valence-corrected chi connectivity index (χ3v) is 5.52. The average Bonchev–Trinajstić information content (AvgIpc) is 3.38. The van der Waals surface area contributed by atoms with Crippen molar-refractivity contribution in [1.82, 2.24) is 15.5 Å². The lowest BCUT2D eigenvalue weighted by atomic mass is 10.1. The van der Waals surface area contributed by atoms with Gasteiger partial charge in [-0.3, -0.25) is 4.79 Å². The van der Waals surface area contributed by atoms with Crippen molar-refractivity contribution < 1.29 is 18.8 Å². The van der Waals surface area contributed by atoms with Gasteiger partial charge in [0.1, 0.15) is 18.1 Å². The van der Waals surface area contributed by atoms with Crippen LogP contribution in [-0.4, -0.2) is 29.7 Å². The third kappa shape index (κ3) is 7.43. The van der Waals surface area contributed by atoms with Crippen molar-refractivity contribution in [2.75, 3.05) is 13.7 Å². The number of aromatic nitrogens is 2. The van der Waals surface area contributed by atoms with Crippen LogP contribution in [0, 0.1) is 0 Å². The Hall–Kier alpha value is -4.13. The second-order valence-corrected chi connectivity index (χ2v) is 8.11. The number of ether oxygens (including phenoxy) is 2. The van der Waals surface area contributed by atoms with Crippen molar-refractivity contribution in [2.24, 2.45) is 0 Å². The Morgan fingerprint density at radius 3 is 2.37 bits per heavy atom. The van der Waals surface area contributed by atoms with Gasteiger partial charge in [0, 0.05) is 24.9 Å². The second kappa shape index (κ2) is 12.4. The van der Waals surface area contributed by atoms with Gasteiger partial charge in [-0.15, -0.1) is 0 Å². The van der Waals surface area contributed by atoms with Gasteiger partial charge in [0.05, 0.1) is 7.11 Å². The number of methoxy groups -OCH3 is 1. The van der Waals surface area contributed by atoms with Gasteiger partial charge >= 0.3 is 0 Å². The highest BCUT2D eigenvalue weighted by atomic mass is 16.5. The molecule has 0 saturated heterocycles. The number of hydrogen-bond donors (Lipinski definition) is 1. The molecule has 0 radical (unpaired) electrons. The van der Waals surface area contributed by atoms with Crippen molar-refractivity contribution in [1.29, 1.82) is 0 Å². The summed E-state index contributed by atoms with van der Waals surface area (Å²) in [4.78, 5) is 16.6. The lowest BCUT2D eigenvalue weighted by molar-refractivity contribution is -0.121. The van der Waals surface area contributed by atoms with E-state index in [2.05, 4.69) is 15.5 Å². The van der Waals surface area contributed by atoms with Crippen LogP contribution in [0.25, 0.3) is 11.4 Å². The van der Waals surface area contributed by atoms with Gasteiger partial charge in [0.25, 0.3) is 0 Å². The number of aryl methyl sites for hydroxylation is 1. The second-order valence-electron chi connectivity index (χ2n) is 8.11. The number of rotatable bonds is 12. The van der Waals surface area contributed by atoms with E-state index in [9.17, 15) is 4.79 Å². The molecule has 3 aromatic carbocycles. The highest BCUT2D eigenvalue weighted by Crippen LogP contribution is 2.20. The van der Waals surface area contributed by atoms with Crippen LogP contribution in [-0.2, 0) is 24.2 Å². The van der Waals surface area contributed by atoms with Crippen LogP contribution < -0.4 is 14.8 Å². The minimum Gasteiger partial charge on any atom is -0.497 e. The molecule has 0 aliphatic heterocycles. The zero-order valence-electron chi connectivity index (χ0n) is 19.8.